The SMILES string of the molecule is CCNc1nccc(NC(C)C(=O)OCC)n1. The molecule has 0 saturated carbocycles. The lowest BCUT2D eigenvalue weighted by molar-refractivity contribution is -0.143. The van der Waals surface area contributed by atoms with Crippen LogP contribution in [0, 0.1) is 0 Å². The molecule has 1 aromatic heterocycles. The Morgan fingerprint density at radius 1 is 1.53 bits per heavy atom. The van der Waals surface area contributed by atoms with Gasteiger partial charge in [0.05, 0.1) is 6.61 Å². The van der Waals surface area contributed by atoms with Crippen LogP contribution in [0.3, 0.4) is 0 Å². The molecule has 0 aromatic carbocycles. The molecule has 6 nitrogen and oxygen atoms in total. The van der Waals surface area contributed by atoms with E-state index in [1.165, 1.54) is 0 Å². The van der Waals surface area contributed by atoms with E-state index < -0.39 is 6.04 Å². The third kappa shape index (κ3) is 4.26. The number of nitrogens with zero attached hydrogens (tertiary/aromatic N) is 2. The number of carbonyl (C=O) groups is 1. The standard InChI is InChI=1S/C11H18N4O2/c1-4-12-11-13-7-6-9(15-11)14-8(3)10(16)17-5-2/h6-8H,4-5H2,1-3H3,(H2,12,13,14,15). The molecule has 1 aromatic rings. The van der Waals surface area contributed by atoms with Gasteiger partial charge in [-0.05, 0) is 26.8 Å². The third-order valence-corrected chi connectivity index (χ3v) is 2.00. The molecule has 0 radical (unpaired) electrons. The smallest absolute Gasteiger partial charge is 0.328 e. The summed E-state index contributed by atoms with van der Waals surface area (Å²) in [5, 5.41) is 5.96. The lowest BCUT2D eigenvalue weighted by Crippen LogP contribution is -2.28. The topological polar surface area (TPSA) is 76.1 Å². The highest BCUT2D eigenvalue weighted by atomic mass is 16.5. The summed E-state index contributed by atoms with van der Waals surface area (Å²) in [5.74, 6) is 0.834. The maximum absolute atomic E-state index is 11.4. The fourth-order valence-corrected chi connectivity index (χ4v) is 1.23. The molecule has 0 spiro atoms. The summed E-state index contributed by atoms with van der Waals surface area (Å²) < 4.78 is 4.89. The molecule has 94 valence electrons. The maximum atomic E-state index is 11.4. The second kappa shape index (κ2) is 6.67. The molecule has 0 saturated heterocycles. The summed E-state index contributed by atoms with van der Waals surface area (Å²) in [6.07, 6.45) is 1.63. The number of nitrogens with one attached hydrogen (secondary N) is 2. The van der Waals surface area contributed by atoms with E-state index in [0.717, 1.165) is 6.54 Å². The lowest BCUT2D eigenvalue weighted by Gasteiger charge is -2.13. The van der Waals surface area contributed by atoms with Gasteiger partial charge < -0.3 is 15.4 Å². The second-order valence-electron chi connectivity index (χ2n) is 3.41. The summed E-state index contributed by atoms with van der Waals surface area (Å²) in [6, 6.07) is 1.27. The minimum atomic E-state index is -0.431. The van der Waals surface area contributed by atoms with Crippen LogP contribution in [0.4, 0.5) is 11.8 Å². The lowest BCUT2D eigenvalue weighted by atomic mass is 10.3. The molecule has 0 amide bonds. The first kappa shape index (κ1) is 13.2. The van der Waals surface area contributed by atoms with Crippen molar-refractivity contribution in [3.05, 3.63) is 12.3 Å². The molecular weight excluding hydrogens is 220 g/mol. The van der Waals surface area contributed by atoms with Crippen LogP contribution in [-0.2, 0) is 9.53 Å². The Morgan fingerprint density at radius 2 is 2.29 bits per heavy atom. The van der Waals surface area contributed by atoms with E-state index >= 15 is 0 Å². The van der Waals surface area contributed by atoms with Gasteiger partial charge in [0.2, 0.25) is 5.95 Å². The van der Waals surface area contributed by atoms with Crippen LogP contribution in [0.15, 0.2) is 12.3 Å². The number of hydrogen-bond acceptors (Lipinski definition) is 6. The minimum Gasteiger partial charge on any atom is -0.464 e. The zero-order valence-electron chi connectivity index (χ0n) is 10.4. The Bertz CT molecular complexity index is 370. The van der Waals surface area contributed by atoms with Crippen molar-refractivity contribution in [3.63, 3.8) is 0 Å². The van der Waals surface area contributed by atoms with Gasteiger partial charge in [0.1, 0.15) is 11.9 Å². The molecule has 0 fully saturated rings. The average molecular weight is 238 g/mol. The number of carbonyl (C=O) groups excluding carboxylic acids is 1. The van der Waals surface area contributed by atoms with Crippen molar-refractivity contribution in [1.82, 2.24) is 9.97 Å². The van der Waals surface area contributed by atoms with E-state index in [9.17, 15) is 4.79 Å². The zero-order chi connectivity index (χ0) is 12.7. The number of rotatable bonds is 6. The Kier molecular flexibility index (Phi) is 5.19. The summed E-state index contributed by atoms with van der Waals surface area (Å²) in [5.41, 5.74) is 0. The van der Waals surface area contributed by atoms with Crippen LogP contribution < -0.4 is 10.6 Å². The van der Waals surface area contributed by atoms with Crippen LogP contribution in [0.5, 0.6) is 0 Å². The first-order valence-electron chi connectivity index (χ1n) is 5.67. The van der Waals surface area contributed by atoms with E-state index in [4.69, 9.17) is 4.74 Å². The van der Waals surface area contributed by atoms with Gasteiger partial charge >= 0.3 is 5.97 Å². The zero-order valence-corrected chi connectivity index (χ0v) is 10.4. The van der Waals surface area contributed by atoms with Crippen molar-refractivity contribution in [2.75, 3.05) is 23.8 Å². The highest BCUT2D eigenvalue weighted by Crippen LogP contribution is 2.07. The molecule has 0 bridgehead atoms. The Balaban J connectivity index is 2.61. The van der Waals surface area contributed by atoms with Gasteiger partial charge in [-0.15, -0.1) is 0 Å². The molecule has 1 rings (SSSR count). The van der Waals surface area contributed by atoms with Crippen LogP contribution >= 0.6 is 0 Å². The van der Waals surface area contributed by atoms with E-state index in [2.05, 4.69) is 20.6 Å². The molecule has 1 atom stereocenters. The van der Waals surface area contributed by atoms with Gasteiger partial charge in [-0.1, -0.05) is 0 Å². The highest BCUT2D eigenvalue weighted by Gasteiger charge is 2.13. The van der Waals surface area contributed by atoms with Crippen molar-refractivity contribution in [1.29, 1.82) is 0 Å². The second-order valence-corrected chi connectivity index (χ2v) is 3.41. The molecular formula is C11H18N4O2. The number of aromatic nitrogens is 2. The number of hydrogen-bond donors (Lipinski definition) is 2. The van der Waals surface area contributed by atoms with Crippen LogP contribution in [0.2, 0.25) is 0 Å². The number of esters is 1. The van der Waals surface area contributed by atoms with E-state index in [0.29, 0.717) is 18.4 Å². The summed E-state index contributed by atoms with van der Waals surface area (Å²) in [4.78, 5) is 19.7. The van der Waals surface area contributed by atoms with Gasteiger partial charge in [0.25, 0.3) is 0 Å². The number of anilines is 2. The third-order valence-electron chi connectivity index (χ3n) is 2.00. The monoisotopic (exact) mass is 238 g/mol. The minimum absolute atomic E-state index is 0.295. The van der Waals surface area contributed by atoms with E-state index in [1.807, 2.05) is 6.92 Å². The predicted octanol–water partition coefficient (Wildman–Crippen LogP) is 1.27. The summed E-state index contributed by atoms with van der Waals surface area (Å²) in [7, 11) is 0. The van der Waals surface area contributed by atoms with Crippen LogP contribution in [0.1, 0.15) is 20.8 Å². The fourth-order valence-electron chi connectivity index (χ4n) is 1.23. The maximum Gasteiger partial charge on any atom is 0.328 e. The molecule has 0 aliphatic rings. The van der Waals surface area contributed by atoms with E-state index in [1.54, 1.807) is 26.1 Å². The van der Waals surface area contributed by atoms with Gasteiger partial charge in [-0.25, -0.2) is 9.78 Å². The Labute approximate surface area is 101 Å². The van der Waals surface area contributed by atoms with Crippen molar-refractivity contribution in [3.8, 4) is 0 Å². The average Bonchev–Trinajstić information content (AvgIpc) is 2.30. The van der Waals surface area contributed by atoms with Crippen molar-refractivity contribution >= 4 is 17.7 Å². The van der Waals surface area contributed by atoms with E-state index in [-0.39, 0.29) is 5.97 Å². The Morgan fingerprint density at radius 3 is 2.94 bits per heavy atom. The fraction of sp³-hybridized carbons (Fsp3) is 0.545. The molecule has 6 heteroatoms. The first-order chi connectivity index (χ1) is 8.17. The van der Waals surface area contributed by atoms with Gasteiger partial charge in [-0.2, -0.15) is 4.98 Å². The summed E-state index contributed by atoms with van der Waals surface area (Å²) >= 11 is 0. The predicted molar refractivity (Wildman–Crippen MR) is 65.9 cm³/mol. The molecule has 1 heterocycles. The molecule has 0 aliphatic heterocycles. The normalized spacial score (nSPS) is 11.7. The molecule has 2 N–H and O–H groups in total. The molecule has 0 aliphatic carbocycles. The van der Waals surface area contributed by atoms with Crippen molar-refractivity contribution in [2.45, 2.75) is 26.8 Å². The van der Waals surface area contributed by atoms with Crippen molar-refractivity contribution in [2.24, 2.45) is 0 Å². The van der Waals surface area contributed by atoms with Gasteiger partial charge in [0, 0.05) is 12.7 Å². The number of ether oxygens (including phenoxy) is 1. The van der Waals surface area contributed by atoms with Gasteiger partial charge in [0.15, 0.2) is 0 Å². The quantitative estimate of drug-likeness (QED) is 0.727. The van der Waals surface area contributed by atoms with Crippen LogP contribution in [-0.4, -0.2) is 35.1 Å². The molecule has 17 heavy (non-hydrogen) atoms. The Hall–Kier alpha value is -1.85. The van der Waals surface area contributed by atoms with Crippen LogP contribution in [0.25, 0.3) is 0 Å². The first-order valence-corrected chi connectivity index (χ1v) is 5.67. The summed E-state index contributed by atoms with van der Waals surface area (Å²) in [6.45, 7) is 6.59. The largest absolute Gasteiger partial charge is 0.464 e. The molecule has 1 unspecified atom stereocenters. The highest BCUT2D eigenvalue weighted by molar-refractivity contribution is 5.78. The van der Waals surface area contributed by atoms with Gasteiger partial charge in [-0.3, -0.25) is 0 Å². The van der Waals surface area contributed by atoms with Crippen molar-refractivity contribution < 1.29 is 9.53 Å².